The minimum absolute atomic E-state index is 0.571. The van der Waals surface area contributed by atoms with Gasteiger partial charge in [-0.1, -0.05) is 182 Å². The highest BCUT2D eigenvalue weighted by Gasteiger charge is 2.53. The maximum Gasteiger partial charge on any atom is 0.132 e. The number of rotatable bonds is 4. The van der Waals surface area contributed by atoms with Gasteiger partial charge in [-0.05, 0) is 117 Å². The van der Waals surface area contributed by atoms with Crippen LogP contribution < -0.4 is 14.4 Å². The van der Waals surface area contributed by atoms with Gasteiger partial charge in [0.2, 0.25) is 0 Å². The molecule has 2 spiro atoms. The van der Waals surface area contributed by atoms with Gasteiger partial charge in [0.15, 0.2) is 0 Å². The molecule has 0 bridgehead atoms. The third-order valence-corrected chi connectivity index (χ3v) is 17.2. The van der Waals surface area contributed by atoms with Crippen LogP contribution in [0.5, 0.6) is 23.0 Å². The summed E-state index contributed by atoms with van der Waals surface area (Å²) in [6, 6.07) is 91.4. The Hall–Kier alpha value is -8.96. The van der Waals surface area contributed by atoms with Crippen LogP contribution in [0, 0.1) is 0 Å². The van der Waals surface area contributed by atoms with E-state index in [1.54, 1.807) is 0 Å². The number of hydrogen-bond donors (Lipinski definition) is 0. The summed E-state index contributed by atoms with van der Waals surface area (Å²) in [4.78, 5) is 2.51. The summed E-state index contributed by atoms with van der Waals surface area (Å²) < 4.78 is 16.1. The van der Waals surface area contributed by atoms with E-state index in [9.17, 15) is 0 Å². The van der Waals surface area contributed by atoms with Crippen LogP contribution in [0.2, 0.25) is 0 Å². The van der Waals surface area contributed by atoms with E-state index in [2.05, 4.69) is 254 Å². The molecule has 4 aliphatic rings. The van der Waals surface area contributed by atoms with E-state index in [0.29, 0.717) is 0 Å². The molecule has 72 heavy (non-hydrogen) atoms. The van der Waals surface area contributed by atoms with E-state index in [4.69, 9.17) is 9.47 Å². The topological polar surface area (TPSA) is 21.7 Å². The summed E-state index contributed by atoms with van der Waals surface area (Å²) in [5, 5.41) is 2.61. The van der Waals surface area contributed by atoms with Crippen molar-refractivity contribution in [1.82, 2.24) is 0 Å². The molecule has 0 radical (unpaired) electrons. The number of fused-ring (bicyclic) bond motifs is 21. The van der Waals surface area contributed by atoms with E-state index in [1.165, 1.54) is 75.8 Å². The zero-order valence-electron chi connectivity index (χ0n) is 38.8. The Kier molecular flexibility index (Phi) is 8.18. The van der Waals surface area contributed by atoms with Crippen LogP contribution in [0.25, 0.3) is 53.6 Å². The molecule has 0 N–H and O–H groups in total. The molecule has 0 fully saturated rings. The highest BCUT2D eigenvalue weighted by atomic mass is 32.1. The first-order valence-corrected chi connectivity index (χ1v) is 25.6. The third-order valence-electron chi connectivity index (χ3n) is 16.0. The predicted molar refractivity (Wildman–Crippen MR) is 294 cm³/mol. The molecule has 2 aliphatic carbocycles. The van der Waals surface area contributed by atoms with Crippen LogP contribution in [0.4, 0.5) is 17.1 Å². The van der Waals surface area contributed by atoms with Gasteiger partial charge in [-0.2, -0.15) is 0 Å². The monoisotopic (exact) mass is 935 g/mol. The number of ether oxygens (including phenoxy) is 2. The van der Waals surface area contributed by atoms with Gasteiger partial charge >= 0.3 is 0 Å². The Bertz CT molecular complexity index is 4170. The molecule has 0 atom stereocenters. The zero-order chi connectivity index (χ0) is 47.1. The standard InChI is InChI=1S/C68H41NO2S/c1-4-21-50-46(17-1)49-41-44(39-40-52(49)67(50)53-23-6-10-29-59(53)70-60-30-11-7-24-54(60)67)69(43-37-35-42(36-38-43)45-20-15-34-64-65(45)48-19-3-14-33-63(48)72-64)58-28-16-27-57-66(58)47-18-2-5-22-51(47)68(57)55-25-8-12-31-61(55)71-62-32-13-9-26-56(62)68/h1-41H. The predicted octanol–water partition coefficient (Wildman–Crippen LogP) is 18.1. The highest BCUT2D eigenvalue weighted by molar-refractivity contribution is 7.25. The lowest BCUT2D eigenvalue weighted by Crippen LogP contribution is -2.32. The molecule has 336 valence electrons. The molecule has 3 nitrogen and oxygen atoms in total. The first-order valence-electron chi connectivity index (χ1n) is 24.7. The number of nitrogens with zero attached hydrogens (tertiary/aromatic N) is 1. The summed E-state index contributed by atoms with van der Waals surface area (Å²) in [7, 11) is 0. The van der Waals surface area contributed by atoms with Gasteiger partial charge in [0.1, 0.15) is 23.0 Å². The van der Waals surface area contributed by atoms with E-state index in [1.807, 2.05) is 11.3 Å². The van der Waals surface area contributed by atoms with E-state index in [0.717, 1.165) is 62.3 Å². The van der Waals surface area contributed by atoms with Crippen LogP contribution in [0.3, 0.4) is 0 Å². The largest absolute Gasteiger partial charge is 0.457 e. The number of thiophene rings is 1. The van der Waals surface area contributed by atoms with E-state index in [-0.39, 0.29) is 0 Å². The summed E-state index contributed by atoms with van der Waals surface area (Å²) in [6.45, 7) is 0. The van der Waals surface area contributed by atoms with Crippen LogP contribution in [0.15, 0.2) is 249 Å². The Morgan fingerprint density at radius 2 is 0.778 bits per heavy atom. The second kappa shape index (κ2) is 14.8. The Balaban J connectivity index is 0.962. The Morgan fingerprint density at radius 1 is 0.319 bits per heavy atom. The average molecular weight is 936 g/mol. The number of anilines is 3. The van der Waals surface area contributed by atoms with E-state index < -0.39 is 10.8 Å². The van der Waals surface area contributed by atoms with Gasteiger partial charge in [0.25, 0.3) is 0 Å². The van der Waals surface area contributed by atoms with Gasteiger partial charge in [0, 0.05) is 59.4 Å². The minimum Gasteiger partial charge on any atom is -0.457 e. The Morgan fingerprint density at radius 3 is 1.43 bits per heavy atom. The van der Waals surface area contributed by atoms with Crippen molar-refractivity contribution >= 4 is 48.6 Å². The average Bonchev–Trinajstić information content (AvgIpc) is 4.07. The quantitative estimate of drug-likeness (QED) is 0.176. The molecule has 0 amide bonds. The molecule has 11 aromatic carbocycles. The van der Waals surface area contributed by atoms with Crippen LogP contribution in [-0.2, 0) is 10.8 Å². The van der Waals surface area contributed by atoms with Crippen molar-refractivity contribution in [2.24, 2.45) is 0 Å². The molecular formula is C68H41NO2S. The molecule has 4 heteroatoms. The summed E-state index contributed by atoms with van der Waals surface area (Å²) >= 11 is 1.86. The molecule has 0 unspecified atom stereocenters. The van der Waals surface area contributed by atoms with Crippen molar-refractivity contribution < 1.29 is 9.47 Å². The van der Waals surface area contributed by atoms with Crippen LogP contribution in [0.1, 0.15) is 44.5 Å². The lowest BCUT2D eigenvalue weighted by atomic mass is 9.66. The van der Waals surface area contributed by atoms with Crippen LogP contribution in [-0.4, -0.2) is 0 Å². The maximum atomic E-state index is 6.75. The lowest BCUT2D eigenvalue weighted by Gasteiger charge is -2.39. The molecule has 16 rings (SSSR count). The number of para-hydroxylation sites is 4. The number of hydrogen-bond acceptors (Lipinski definition) is 4. The molecular weight excluding hydrogens is 895 g/mol. The van der Waals surface area contributed by atoms with Crippen molar-refractivity contribution in [1.29, 1.82) is 0 Å². The van der Waals surface area contributed by atoms with Gasteiger partial charge in [-0.15, -0.1) is 11.3 Å². The summed E-state index contributed by atoms with van der Waals surface area (Å²) in [6.07, 6.45) is 0. The highest BCUT2D eigenvalue weighted by Crippen LogP contribution is 2.66. The fourth-order valence-corrected chi connectivity index (χ4v) is 14.4. The fraction of sp³-hybridized carbons (Fsp3) is 0.0294. The molecule has 2 aliphatic heterocycles. The van der Waals surface area contributed by atoms with E-state index >= 15 is 0 Å². The van der Waals surface area contributed by atoms with Crippen molar-refractivity contribution in [2.45, 2.75) is 10.8 Å². The SMILES string of the molecule is c1ccc2c(c1)Oc1ccccc1C21c2ccccc2-c2cc(N(c3ccc(-c4cccc5sc6ccccc6c45)cc3)c3cccc4c3-c3ccccc3C43c4ccccc4Oc4ccccc43)ccc21. The molecule has 3 heterocycles. The molecule has 12 aromatic rings. The smallest absolute Gasteiger partial charge is 0.132 e. The molecule has 1 aromatic heterocycles. The second-order valence-corrected chi connectivity index (χ2v) is 20.5. The maximum absolute atomic E-state index is 6.75. The van der Waals surface area contributed by atoms with Gasteiger partial charge in [-0.3, -0.25) is 0 Å². The van der Waals surface area contributed by atoms with Gasteiger partial charge in [0.05, 0.1) is 16.5 Å². The summed E-state index contributed by atoms with van der Waals surface area (Å²) in [5.74, 6) is 3.54. The second-order valence-electron chi connectivity index (χ2n) is 19.4. The Labute approximate surface area is 421 Å². The molecule has 0 saturated carbocycles. The lowest BCUT2D eigenvalue weighted by molar-refractivity contribution is 0.436. The van der Waals surface area contributed by atoms with Crippen molar-refractivity contribution in [3.05, 3.63) is 293 Å². The minimum atomic E-state index is -0.613. The first-order chi connectivity index (χ1) is 35.7. The normalized spacial score (nSPS) is 14.3. The van der Waals surface area contributed by atoms with Gasteiger partial charge < -0.3 is 14.4 Å². The number of benzene rings is 11. The third kappa shape index (κ3) is 5.13. The van der Waals surface area contributed by atoms with Crippen molar-refractivity contribution in [2.75, 3.05) is 4.90 Å². The van der Waals surface area contributed by atoms with Gasteiger partial charge in [-0.25, -0.2) is 0 Å². The van der Waals surface area contributed by atoms with Crippen LogP contribution >= 0.6 is 11.3 Å². The first kappa shape index (κ1) is 39.8. The zero-order valence-corrected chi connectivity index (χ0v) is 39.7. The molecule has 0 saturated heterocycles. The van der Waals surface area contributed by atoms with Crippen molar-refractivity contribution in [3.63, 3.8) is 0 Å². The van der Waals surface area contributed by atoms with Crippen molar-refractivity contribution in [3.8, 4) is 56.4 Å². The summed E-state index contributed by atoms with van der Waals surface area (Å²) in [5.41, 5.74) is 19.0. The fourth-order valence-electron chi connectivity index (χ4n) is 13.3.